The molecule has 0 unspecified atom stereocenters. The molecule has 3 nitrogen and oxygen atoms in total. The predicted molar refractivity (Wildman–Crippen MR) is 76.3 cm³/mol. The van der Waals surface area contributed by atoms with Crippen LogP contribution in [0.15, 0.2) is 52.3 Å². The number of hydrogen-bond acceptors (Lipinski definition) is 4. The van der Waals surface area contributed by atoms with Crippen LogP contribution in [-0.4, -0.2) is 27.7 Å². The minimum atomic E-state index is -6.09. The Morgan fingerprint density at radius 2 is 1.20 bits per heavy atom. The second-order valence-corrected chi connectivity index (χ2v) is 6.13. The number of benzene rings is 2. The predicted octanol–water partition coefficient (Wildman–Crippen LogP) is 4.56. The molecule has 0 aromatic heterocycles. The number of aliphatic hydroxyl groups is 1. The third-order valence-corrected chi connectivity index (χ3v) is 4.25. The second-order valence-electron chi connectivity index (χ2n) is 4.98. The SMILES string of the molecule is Oc1ccc(Sc2ccc(O)c(C(O)(C(F)(F)F)C(F)(F)F)c2)cc1. The molecule has 0 fully saturated rings. The highest BCUT2D eigenvalue weighted by atomic mass is 32.2. The van der Waals surface area contributed by atoms with Crippen molar-refractivity contribution in [2.45, 2.75) is 27.7 Å². The summed E-state index contributed by atoms with van der Waals surface area (Å²) in [5, 5.41) is 28.1. The lowest BCUT2D eigenvalue weighted by atomic mass is 9.91. The van der Waals surface area contributed by atoms with E-state index >= 15 is 0 Å². The van der Waals surface area contributed by atoms with Crippen LogP contribution in [0.1, 0.15) is 5.56 Å². The highest BCUT2D eigenvalue weighted by molar-refractivity contribution is 7.99. The van der Waals surface area contributed by atoms with E-state index in [9.17, 15) is 36.6 Å². The van der Waals surface area contributed by atoms with Gasteiger partial charge in [0.2, 0.25) is 0 Å². The number of hydrogen-bond donors (Lipinski definition) is 3. The van der Waals surface area contributed by atoms with Crippen LogP contribution >= 0.6 is 11.8 Å². The van der Waals surface area contributed by atoms with Gasteiger partial charge in [0, 0.05) is 15.4 Å². The molecule has 3 N–H and O–H groups in total. The normalized spacial score (nSPS) is 13.1. The molecule has 0 saturated heterocycles. The highest BCUT2D eigenvalue weighted by Crippen LogP contribution is 2.52. The average Bonchev–Trinajstić information content (AvgIpc) is 2.48. The van der Waals surface area contributed by atoms with Gasteiger partial charge in [0.25, 0.3) is 5.60 Å². The molecule has 0 aliphatic carbocycles. The van der Waals surface area contributed by atoms with Gasteiger partial charge in [-0.25, -0.2) is 0 Å². The number of aromatic hydroxyl groups is 2. The van der Waals surface area contributed by atoms with E-state index in [4.69, 9.17) is 5.11 Å². The van der Waals surface area contributed by atoms with E-state index in [1.54, 1.807) is 0 Å². The first-order valence-electron chi connectivity index (χ1n) is 6.52. The maximum absolute atomic E-state index is 13.0. The molecule has 0 aliphatic rings. The molecule has 2 rings (SSSR count). The van der Waals surface area contributed by atoms with E-state index in [1.807, 2.05) is 0 Å². The third kappa shape index (κ3) is 3.64. The van der Waals surface area contributed by atoms with Gasteiger partial charge in [-0.15, -0.1) is 0 Å². The first-order valence-corrected chi connectivity index (χ1v) is 7.34. The van der Waals surface area contributed by atoms with Crippen LogP contribution in [0.4, 0.5) is 26.3 Å². The molecule has 0 atom stereocenters. The first kappa shape index (κ1) is 19.3. The Morgan fingerprint density at radius 3 is 1.68 bits per heavy atom. The summed E-state index contributed by atoms with van der Waals surface area (Å²) in [6.07, 6.45) is -12.2. The monoisotopic (exact) mass is 384 g/mol. The van der Waals surface area contributed by atoms with Crippen LogP contribution in [0, 0.1) is 0 Å². The lowest BCUT2D eigenvalue weighted by Crippen LogP contribution is -2.53. The lowest BCUT2D eigenvalue weighted by Gasteiger charge is -2.33. The van der Waals surface area contributed by atoms with Gasteiger partial charge >= 0.3 is 12.4 Å². The maximum atomic E-state index is 13.0. The summed E-state index contributed by atoms with van der Waals surface area (Å²) >= 11 is 0.789. The molecule has 25 heavy (non-hydrogen) atoms. The lowest BCUT2D eigenvalue weighted by molar-refractivity contribution is -0.376. The minimum absolute atomic E-state index is 0.0701. The van der Waals surface area contributed by atoms with Gasteiger partial charge in [-0.3, -0.25) is 0 Å². The van der Waals surface area contributed by atoms with Crippen molar-refractivity contribution in [3.8, 4) is 11.5 Å². The van der Waals surface area contributed by atoms with Crippen molar-refractivity contribution in [1.29, 1.82) is 0 Å². The van der Waals surface area contributed by atoms with Gasteiger partial charge in [-0.05, 0) is 42.5 Å². The van der Waals surface area contributed by atoms with Crippen LogP contribution < -0.4 is 0 Å². The molecule has 2 aromatic carbocycles. The van der Waals surface area contributed by atoms with Crippen LogP contribution in [0.25, 0.3) is 0 Å². The van der Waals surface area contributed by atoms with Crippen LogP contribution in [0.5, 0.6) is 11.5 Å². The zero-order valence-electron chi connectivity index (χ0n) is 12.1. The molecule has 0 bridgehead atoms. The molecule has 0 heterocycles. The number of alkyl halides is 6. The molecular formula is C15H10F6O3S. The van der Waals surface area contributed by atoms with Crippen molar-refractivity contribution in [2.75, 3.05) is 0 Å². The summed E-state index contributed by atoms with van der Waals surface area (Å²) in [6, 6.07) is 7.52. The molecule has 0 saturated carbocycles. The first-order chi connectivity index (χ1) is 11.4. The quantitative estimate of drug-likeness (QED) is 0.679. The number of phenols is 2. The van der Waals surface area contributed by atoms with E-state index in [-0.39, 0.29) is 10.6 Å². The van der Waals surface area contributed by atoms with Gasteiger partial charge in [0.05, 0.1) is 0 Å². The summed E-state index contributed by atoms with van der Waals surface area (Å²) in [6.45, 7) is 0. The Hall–Kier alpha value is -2.07. The van der Waals surface area contributed by atoms with Gasteiger partial charge < -0.3 is 15.3 Å². The van der Waals surface area contributed by atoms with Gasteiger partial charge in [0.1, 0.15) is 11.5 Å². The smallest absolute Gasteiger partial charge is 0.430 e. The zero-order valence-corrected chi connectivity index (χ0v) is 12.9. The minimum Gasteiger partial charge on any atom is -0.508 e. The van der Waals surface area contributed by atoms with Crippen LogP contribution in [-0.2, 0) is 5.60 Å². The van der Waals surface area contributed by atoms with Gasteiger partial charge in [-0.2, -0.15) is 26.3 Å². The number of rotatable bonds is 3. The summed E-state index contributed by atoms with van der Waals surface area (Å²) < 4.78 is 77.7. The Morgan fingerprint density at radius 1 is 0.720 bits per heavy atom. The zero-order chi connectivity index (χ0) is 19.0. The fourth-order valence-electron chi connectivity index (χ4n) is 1.98. The standard InChI is InChI=1S/C15H10F6O3S/c16-14(17,18)13(24,15(19,20)21)11-7-10(5-6-12(11)23)25-9-3-1-8(22)2-4-9/h1-7,22-24H. The maximum Gasteiger partial charge on any atom is 0.430 e. The second kappa shape index (κ2) is 6.34. The molecule has 0 spiro atoms. The Bertz CT molecular complexity index is 741. The fourth-order valence-corrected chi connectivity index (χ4v) is 2.84. The van der Waals surface area contributed by atoms with Crippen LogP contribution in [0.2, 0.25) is 0 Å². The number of halogens is 6. The molecule has 136 valence electrons. The van der Waals surface area contributed by atoms with Crippen molar-refractivity contribution in [3.63, 3.8) is 0 Å². The average molecular weight is 384 g/mol. The molecule has 0 amide bonds. The highest BCUT2D eigenvalue weighted by Gasteiger charge is 2.72. The van der Waals surface area contributed by atoms with Crippen molar-refractivity contribution in [3.05, 3.63) is 48.0 Å². The summed E-state index contributed by atoms with van der Waals surface area (Å²) in [4.78, 5) is 0.336. The van der Waals surface area contributed by atoms with Crippen LogP contribution in [0.3, 0.4) is 0 Å². The van der Waals surface area contributed by atoms with Gasteiger partial charge in [-0.1, -0.05) is 11.8 Å². The summed E-state index contributed by atoms with van der Waals surface area (Å²) in [5.41, 5.74) is -6.92. The van der Waals surface area contributed by atoms with Crippen molar-refractivity contribution in [2.24, 2.45) is 0 Å². The van der Waals surface area contributed by atoms with Gasteiger partial charge in [0.15, 0.2) is 0 Å². The van der Waals surface area contributed by atoms with E-state index in [0.717, 1.165) is 17.8 Å². The molecule has 10 heteroatoms. The Balaban J connectivity index is 2.52. The summed E-state index contributed by atoms with van der Waals surface area (Å²) in [7, 11) is 0. The van der Waals surface area contributed by atoms with E-state index in [1.165, 1.54) is 24.3 Å². The fraction of sp³-hybridized carbons (Fsp3) is 0.200. The Kier molecular flexibility index (Phi) is 4.88. The molecule has 2 aromatic rings. The Labute approximate surface area is 141 Å². The topological polar surface area (TPSA) is 60.7 Å². The van der Waals surface area contributed by atoms with E-state index in [2.05, 4.69) is 0 Å². The molecular weight excluding hydrogens is 374 g/mol. The van der Waals surface area contributed by atoms with Crippen molar-refractivity contribution < 1.29 is 41.7 Å². The number of phenolic OH excluding ortho intramolecular Hbond substituents is 2. The largest absolute Gasteiger partial charge is 0.508 e. The van der Waals surface area contributed by atoms with Crippen molar-refractivity contribution in [1.82, 2.24) is 0 Å². The van der Waals surface area contributed by atoms with E-state index in [0.29, 0.717) is 17.0 Å². The van der Waals surface area contributed by atoms with E-state index < -0.39 is 29.3 Å². The molecule has 0 radical (unpaired) electrons. The molecule has 0 aliphatic heterocycles. The summed E-state index contributed by atoms with van der Waals surface area (Å²) in [5.74, 6) is -1.41. The third-order valence-electron chi connectivity index (χ3n) is 3.25. The van der Waals surface area contributed by atoms with Crippen molar-refractivity contribution >= 4 is 11.8 Å².